The molecule has 2 aliphatic rings. The minimum absolute atomic E-state index is 0.0772. The van der Waals surface area contributed by atoms with Gasteiger partial charge in [0, 0.05) is 23.7 Å². The number of unbranched alkanes of at least 4 members (excludes halogenated alkanes) is 5. The van der Waals surface area contributed by atoms with Crippen LogP contribution < -0.4 is 10.6 Å². The van der Waals surface area contributed by atoms with Crippen LogP contribution in [0.5, 0.6) is 0 Å². The zero-order valence-electron chi connectivity index (χ0n) is 20.0. The third kappa shape index (κ3) is 5.58. The molecule has 1 aliphatic carbocycles. The molecule has 0 unspecified atom stereocenters. The summed E-state index contributed by atoms with van der Waals surface area (Å²) in [5.41, 5.74) is 10.6. The minimum Gasteiger partial charge on any atom is -0.399 e. The van der Waals surface area contributed by atoms with E-state index in [1.54, 1.807) is 5.01 Å². The van der Waals surface area contributed by atoms with Gasteiger partial charge in [0.15, 0.2) is 0 Å². The lowest BCUT2D eigenvalue weighted by molar-refractivity contribution is 0.208. The van der Waals surface area contributed by atoms with Gasteiger partial charge in [-0.3, -0.25) is 4.90 Å². The van der Waals surface area contributed by atoms with Crippen LogP contribution in [0.25, 0.3) is 0 Å². The van der Waals surface area contributed by atoms with Crippen molar-refractivity contribution in [3.8, 4) is 0 Å². The number of fused-ring (bicyclic) bond motifs is 1. The number of nitrogen functional groups attached to an aromatic ring is 1. The highest BCUT2D eigenvalue weighted by Gasteiger charge is 2.33. The van der Waals surface area contributed by atoms with Crippen molar-refractivity contribution in [3.63, 3.8) is 0 Å². The fourth-order valence-electron chi connectivity index (χ4n) is 5.07. The molecule has 5 nitrogen and oxygen atoms in total. The average Bonchev–Trinajstić information content (AvgIpc) is 2.97. The van der Waals surface area contributed by atoms with Crippen molar-refractivity contribution in [2.75, 3.05) is 17.2 Å². The third-order valence-electron chi connectivity index (χ3n) is 6.93. The Kier molecular flexibility index (Phi) is 8.03. The van der Waals surface area contributed by atoms with Crippen LogP contribution in [0.1, 0.15) is 83.1 Å². The van der Waals surface area contributed by atoms with E-state index in [0.29, 0.717) is 18.2 Å². The molecule has 0 spiro atoms. The number of nitrogens with two attached hydrogens (primary N) is 1. The smallest absolute Gasteiger partial charge is 0.349 e. The van der Waals surface area contributed by atoms with Crippen LogP contribution in [-0.4, -0.2) is 23.3 Å². The van der Waals surface area contributed by atoms with E-state index >= 15 is 0 Å². The summed E-state index contributed by atoms with van der Waals surface area (Å²) in [6, 6.07) is 15.8. The zero-order chi connectivity index (χ0) is 23.0. The Labute approximate surface area is 198 Å². The molecule has 4 rings (SSSR count). The van der Waals surface area contributed by atoms with Gasteiger partial charge in [0.05, 0.1) is 17.1 Å². The second-order valence-corrected chi connectivity index (χ2v) is 9.44. The number of hydrogen-bond acceptors (Lipinski definition) is 3. The molecule has 176 valence electrons. The Hall–Kier alpha value is -2.82. The molecule has 0 saturated heterocycles. The standard InChI is InChI=1S/C28H38N4O/c1-2-3-4-5-6-12-21-31-28(33)32(24-19-17-23(29)18-20-24)26-16-11-10-15-25(26)27(30-31)22-13-8-7-9-14-22/h10-11,15-20,22H,2-9,12-14,21,29H2,1H3. The van der Waals surface area contributed by atoms with Crippen LogP contribution in [0.15, 0.2) is 53.6 Å². The zero-order valence-corrected chi connectivity index (χ0v) is 20.0. The summed E-state index contributed by atoms with van der Waals surface area (Å²) in [5.74, 6) is 0.408. The maximum absolute atomic E-state index is 13.9. The van der Waals surface area contributed by atoms with Gasteiger partial charge in [-0.2, -0.15) is 5.10 Å². The summed E-state index contributed by atoms with van der Waals surface area (Å²) >= 11 is 0. The number of hydrazone groups is 1. The number of urea groups is 1. The molecule has 2 N–H and O–H groups in total. The summed E-state index contributed by atoms with van der Waals surface area (Å²) in [7, 11) is 0. The predicted molar refractivity (Wildman–Crippen MR) is 138 cm³/mol. The fraction of sp³-hybridized carbons (Fsp3) is 0.500. The molecule has 2 aromatic rings. The van der Waals surface area contributed by atoms with E-state index < -0.39 is 0 Å². The third-order valence-corrected chi connectivity index (χ3v) is 6.93. The molecule has 1 saturated carbocycles. The first kappa shape index (κ1) is 23.3. The van der Waals surface area contributed by atoms with Gasteiger partial charge in [0.2, 0.25) is 0 Å². The Balaban J connectivity index is 1.68. The summed E-state index contributed by atoms with van der Waals surface area (Å²) in [4.78, 5) is 15.7. The molecule has 5 heteroatoms. The van der Waals surface area contributed by atoms with Crippen molar-refractivity contribution in [1.82, 2.24) is 5.01 Å². The fourth-order valence-corrected chi connectivity index (χ4v) is 5.07. The molecule has 2 aromatic carbocycles. The van der Waals surface area contributed by atoms with Gasteiger partial charge in [0.1, 0.15) is 0 Å². The van der Waals surface area contributed by atoms with Crippen molar-refractivity contribution in [1.29, 1.82) is 0 Å². The van der Waals surface area contributed by atoms with E-state index in [2.05, 4.69) is 25.1 Å². The average molecular weight is 447 g/mol. The topological polar surface area (TPSA) is 61.9 Å². The Bertz CT molecular complexity index is 947. The number of amides is 2. The highest BCUT2D eigenvalue weighted by atomic mass is 16.2. The second-order valence-electron chi connectivity index (χ2n) is 9.44. The number of rotatable bonds is 9. The Morgan fingerprint density at radius 1 is 0.909 bits per heavy atom. The summed E-state index contributed by atoms with van der Waals surface area (Å²) in [6.07, 6.45) is 13.2. The van der Waals surface area contributed by atoms with Gasteiger partial charge in [-0.1, -0.05) is 76.5 Å². The van der Waals surface area contributed by atoms with Gasteiger partial charge in [0.25, 0.3) is 0 Å². The van der Waals surface area contributed by atoms with Gasteiger partial charge in [-0.25, -0.2) is 9.80 Å². The van der Waals surface area contributed by atoms with Crippen molar-refractivity contribution < 1.29 is 4.79 Å². The first-order valence-electron chi connectivity index (χ1n) is 12.8. The van der Waals surface area contributed by atoms with Gasteiger partial charge >= 0.3 is 6.03 Å². The molecule has 0 atom stereocenters. The van der Waals surface area contributed by atoms with Crippen LogP contribution in [0.2, 0.25) is 0 Å². The summed E-state index contributed by atoms with van der Waals surface area (Å²) < 4.78 is 0. The normalized spacial score (nSPS) is 17.0. The lowest BCUT2D eigenvalue weighted by atomic mass is 9.83. The SMILES string of the molecule is CCCCCCCCN1N=C(C2CCCCC2)c2ccccc2N(c2ccc(N)cc2)C1=O. The molecule has 1 aliphatic heterocycles. The van der Waals surface area contributed by atoms with Crippen LogP contribution in [0.4, 0.5) is 21.9 Å². The van der Waals surface area contributed by atoms with Gasteiger partial charge in [-0.15, -0.1) is 0 Å². The van der Waals surface area contributed by atoms with Crippen LogP contribution in [0, 0.1) is 5.92 Å². The maximum Gasteiger partial charge on any atom is 0.349 e. The first-order valence-corrected chi connectivity index (χ1v) is 12.8. The molecule has 0 bridgehead atoms. The monoisotopic (exact) mass is 446 g/mol. The number of carbonyl (C=O) groups excluding carboxylic acids is 1. The predicted octanol–water partition coefficient (Wildman–Crippen LogP) is 7.49. The van der Waals surface area contributed by atoms with Crippen molar-refractivity contribution >= 4 is 28.8 Å². The number of benzene rings is 2. The molecule has 2 amide bonds. The quantitative estimate of drug-likeness (QED) is 0.320. The largest absolute Gasteiger partial charge is 0.399 e. The van der Waals surface area contributed by atoms with Crippen LogP contribution in [-0.2, 0) is 0 Å². The molecular formula is C28H38N4O. The molecule has 0 aromatic heterocycles. The molecule has 33 heavy (non-hydrogen) atoms. The highest BCUT2D eigenvalue weighted by Crippen LogP contribution is 2.37. The number of anilines is 3. The number of hydrogen-bond donors (Lipinski definition) is 1. The van der Waals surface area contributed by atoms with E-state index in [1.165, 1.54) is 44.9 Å². The van der Waals surface area contributed by atoms with E-state index in [0.717, 1.165) is 48.3 Å². The Morgan fingerprint density at radius 3 is 2.36 bits per heavy atom. The second kappa shape index (κ2) is 11.4. The molecule has 0 radical (unpaired) electrons. The summed E-state index contributed by atoms with van der Waals surface area (Å²) in [5, 5.41) is 6.82. The van der Waals surface area contributed by atoms with E-state index in [-0.39, 0.29) is 6.03 Å². The van der Waals surface area contributed by atoms with E-state index in [9.17, 15) is 4.79 Å². The summed E-state index contributed by atoms with van der Waals surface area (Å²) in [6.45, 7) is 2.89. The highest BCUT2D eigenvalue weighted by molar-refractivity contribution is 6.13. The number of carbonyl (C=O) groups is 1. The van der Waals surface area contributed by atoms with Crippen molar-refractivity contribution in [2.45, 2.75) is 77.6 Å². The van der Waals surface area contributed by atoms with Gasteiger partial charge < -0.3 is 5.73 Å². The van der Waals surface area contributed by atoms with Crippen LogP contribution >= 0.6 is 0 Å². The van der Waals surface area contributed by atoms with E-state index in [4.69, 9.17) is 10.8 Å². The van der Waals surface area contributed by atoms with Crippen molar-refractivity contribution in [2.24, 2.45) is 11.0 Å². The first-order chi connectivity index (χ1) is 16.2. The minimum atomic E-state index is -0.0772. The number of nitrogens with zero attached hydrogens (tertiary/aromatic N) is 3. The lowest BCUT2D eigenvalue weighted by Crippen LogP contribution is -2.37. The molecule has 1 heterocycles. The van der Waals surface area contributed by atoms with Gasteiger partial charge in [-0.05, 0) is 49.6 Å². The van der Waals surface area contributed by atoms with Crippen LogP contribution in [0.3, 0.4) is 0 Å². The Morgan fingerprint density at radius 2 is 1.61 bits per heavy atom. The lowest BCUT2D eigenvalue weighted by Gasteiger charge is -2.26. The van der Waals surface area contributed by atoms with Crippen molar-refractivity contribution in [3.05, 3.63) is 54.1 Å². The maximum atomic E-state index is 13.9. The molecule has 1 fully saturated rings. The number of para-hydroxylation sites is 1. The molecular weight excluding hydrogens is 408 g/mol. The van der Waals surface area contributed by atoms with E-state index in [1.807, 2.05) is 35.2 Å².